The van der Waals surface area contributed by atoms with E-state index in [0.717, 1.165) is 4.88 Å². The van der Waals surface area contributed by atoms with Gasteiger partial charge in [-0.1, -0.05) is 12.1 Å². The molecule has 1 aromatic heterocycles. The molecule has 0 bridgehead atoms. The normalized spacial score (nSPS) is 25.8. The molecule has 108 valence electrons. The fraction of sp³-hybridized carbons (Fsp3) is 0.429. The van der Waals surface area contributed by atoms with Crippen LogP contribution in [0.3, 0.4) is 0 Å². The molecule has 20 heavy (non-hydrogen) atoms. The van der Waals surface area contributed by atoms with Crippen molar-refractivity contribution in [2.75, 3.05) is 14.2 Å². The largest absolute Gasteiger partial charge is 0.468 e. The standard InChI is InChI=1S/C14H17NO4S/c1-18-12(16)6-5-9-8-10(14(17)19-2)15-13(9)11-4-3-7-20-11/h3-7,9-10,13,15H,8H2,1-2H3/b6-5+/t9-,10-,13+/m1/s1. The van der Waals surface area contributed by atoms with Gasteiger partial charge in [0.1, 0.15) is 6.04 Å². The molecular weight excluding hydrogens is 278 g/mol. The first-order valence-corrected chi connectivity index (χ1v) is 7.17. The van der Waals surface area contributed by atoms with Gasteiger partial charge >= 0.3 is 11.9 Å². The molecule has 2 rings (SSSR count). The second-order valence-corrected chi connectivity index (χ2v) is 5.50. The minimum atomic E-state index is -0.392. The number of hydrogen-bond acceptors (Lipinski definition) is 6. The summed E-state index contributed by atoms with van der Waals surface area (Å²) in [5.41, 5.74) is 0. The fourth-order valence-electron chi connectivity index (χ4n) is 2.34. The summed E-state index contributed by atoms with van der Waals surface area (Å²) in [6, 6.07) is 3.65. The maximum atomic E-state index is 11.7. The first kappa shape index (κ1) is 14.7. The second kappa shape index (κ2) is 6.67. The van der Waals surface area contributed by atoms with Gasteiger partial charge in [-0.2, -0.15) is 0 Å². The highest BCUT2D eigenvalue weighted by molar-refractivity contribution is 7.10. The Morgan fingerprint density at radius 2 is 2.20 bits per heavy atom. The molecule has 5 nitrogen and oxygen atoms in total. The summed E-state index contributed by atoms with van der Waals surface area (Å²) >= 11 is 1.62. The molecule has 1 aromatic rings. The van der Waals surface area contributed by atoms with Gasteiger partial charge in [-0.25, -0.2) is 4.79 Å². The Hall–Kier alpha value is -1.66. The third-order valence-corrected chi connectivity index (χ3v) is 4.29. The van der Waals surface area contributed by atoms with E-state index < -0.39 is 5.97 Å². The van der Waals surface area contributed by atoms with Crippen molar-refractivity contribution in [2.45, 2.75) is 18.5 Å². The minimum absolute atomic E-state index is 0.0139. The van der Waals surface area contributed by atoms with Crippen molar-refractivity contribution in [3.63, 3.8) is 0 Å². The van der Waals surface area contributed by atoms with Gasteiger partial charge < -0.3 is 9.47 Å². The van der Waals surface area contributed by atoms with Gasteiger partial charge in [-0.3, -0.25) is 10.1 Å². The SMILES string of the molecule is COC(=O)/C=C/[C@@H]1C[C@H](C(=O)OC)N[C@@H]1c1cccs1. The molecule has 1 N–H and O–H groups in total. The van der Waals surface area contributed by atoms with E-state index >= 15 is 0 Å². The van der Waals surface area contributed by atoms with E-state index in [9.17, 15) is 9.59 Å². The first-order valence-electron chi connectivity index (χ1n) is 6.29. The molecule has 6 heteroatoms. The summed E-state index contributed by atoms with van der Waals surface area (Å²) in [5.74, 6) is -0.617. The lowest BCUT2D eigenvalue weighted by atomic mass is 9.97. The summed E-state index contributed by atoms with van der Waals surface area (Å²) in [7, 11) is 2.72. The maximum Gasteiger partial charge on any atom is 0.330 e. The third-order valence-electron chi connectivity index (χ3n) is 3.33. The Morgan fingerprint density at radius 1 is 1.40 bits per heavy atom. The quantitative estimate of drug-likeness (QED) is 0.676. The molecule has 0 unspecified atom stereocenters. The van der Waals surface area contributed by atoms with Crippen molar-refractivity contribution in [2.24, 2.45) is 5.92 Å². The molecular formula is C14H17NO4S. The van der Waals surface area contributed by atoms with E-state index in [-0.39, 0.29) is 24.0 Å². The summed E-state index contributed by atoms with van der Waals surface area (Å²) in [4.78, 5) is 24.0. The van der Waals surface area contributed by atoms with Gasteiger partial charge in [0.25, 0.3) is 0 Å². The number of rotatable bonds is 4. The molecule has 1 saturated heterocycles. The molecule has 0 aliphatic carbocycles. The fourth-order valence-corrected chi connectivity index (χ4v) is 3.21. The second-order valence-electron chi connectivity index (χ2n) is 4.52. The smallest absolute Gasteiger partial charge is 0.330 e. The van der Waals surface area contributed by atoms with E-state index in [0.29, 0.717) is 6.42 Å². The topological polar surface area (TPSA) is 64.6 Å². The number of carbonyl (C=O) groups excluding carboxylic acids is 2. The van der Waals surface area contributed by atoms with Gasteiger partial charge in [0.2, 0.25) is 0 Å². The monoisotopic (exact) mass is 295 g/mol. The number of ether oxygens (including phenoxy) is 2. The van der Waals surface area contributed by atoms with Crippen LogP contribution in [0.25, 0.3) is 0 Å². The van der Waals surface area contributed by atoms with Gasteiger partial charge in [0.05, 0.1) is 14.2 Å². The van der Waals surface area contributed by atoms with Crippen LogP contribution in [-0.4, -0.2) is 32.2 Å². The zero-order chi connectivity index (χ0) is 14.5. The van der Waals surface area contributed by atoms with Crippen molar-refractivity contribution in [3.05, 3.63) is 34.5 Å². The van der Waals surface area contributed by atoms with Crippen LogP contribution in [0.2, 0.25) is 0 Å². The molecule has 1 aliphatic rings. The molecule has 0 spiro atoms. The Kier molecular flexibility index (Phi) is 4.92. The number of nitrogens with one attached hydrogen (secondary N) is 1. The van der Waals surface area contributed by atoms with Crippen molar-refractivity contribution in [1.82, 2.24) is 5.32 Å². The Labute approximate surface area is 121 Å². The molecule has 1 aliphatic heterocycles. The predicted octanol–water partition coefficient (Wildman–Crippen LogP) is 1.67. The lowest BCUT2D eigenvalue weighted by Gasteiger charge is -2.14. The van der Waals surface area contributed by atoms with Gasteiger partial charge in [0, 0.05) is 17.0 Å². The van der Waals surface area contributed by atoms with Crippen LogP contribution >= 0.6 is 11.3 Å². The number of carbonyl (C=O) groups is 2. The van der Waals surface area contributed by atoms with Crippen molar-refractivity contribution in [3.8, 4) is 0 Å². The van der Waals surface area contributed by atoms with Crippen molar-refractivity contribution < 1.29 is 19.1 Å². The van der Waals surface area contributed by atoms with Crippen LogP contribution in [0.15, 0.2) is 29.7 Å². The molecule has 0 amide bonds. The number of thiophene rings is 1. The molecule has 2 heterocycles. The molecule has 0 aromatic carbocycles. The van der Waals surface area contributed by atoms with E-state index in [1.807, 2.05) is 17.5 Å². The summed E-state index contributed by atoms with van der Waals surface area (Å²) in [6.45, 7) is 0. The van der Waals surface area contributed by atoms with Gasteiger partial charge in [0.15, 0.2) is 0 Å². The van der Waals surface area contributed by atoms with Crippen LogP contribution in [0.1, 0.15) is 17.3 Å². The average molecular weight is 295 g/mol. The minimum Gasteiger partial charge on any atom is -0.468 e. The lowest BCUT2D eigenvalue weighted by Crippen LogP contribution is -2.32. The van der Waals surface area contributed by atoms with Gasteiger partial charge in [-0.05, 0) is 23.8 Å². The third kappa shape index (κ3) is 3.26. The molecule has 0 saturated carbocycles. The highest BCUT2D eigenvalue weighted by Gasteiger charge is 2.37. The average Bonchev–Trinajstić information content (AvgIpc) is 3.12. The number of esters is 2. The number of hydrogen-bond donors (Lipinski definition) is 1. The molecule has 3 atom stereocenters. The predicted molar refractivity (Wildman–Crippen MR) is 75.3 cm³/mol. The highest BCUT2D eigenvalue weighted by Crippen LogP contribution is 2.36. The van der Waals surface area contributed by atoms with Crippen molar-refractivity contribution >= 4 is 23.3 Å². The summed E-state index contributed by atoms with van der Waals surface area (Å²) < 4.78 is 9.38. The molecule has 0 radical (unpaired) electrons. The maximum absolute atomic E-state index is 11.7. The molecule has 1 fully saturated rings. The zero-order valence-corrected chi connectivity index (χ0v) is 12.2. The van der Waals surface area contributed by atoms with E-state index in [2.05, 4.69) is 10.1 Å². The Balaban J connectivity index is 2.15. The van der Waals surface area contributed by atoms with Crippen LogP contribution in [0.5, 0.6) is 0 Å². The summed E-state index contributed by atoms with van der Waals surface area (Å²) in [5, 5.41) is 5.26. The lowest BCUT2D eigenvalue weighted by molar-refractivity contribution is -0.142. The van der Waals surface area contributed by atoms with Gasteiger partial charge in [-0.15, -0.1) is 11.3 Å². The number of methoxy groups -OCH3 is 2. The van der Waals surface area contributed by atoms with Crippen LogP contribution in [0.4, 0.5) is 0 Å². The van der Waals surface area contributed by atoms with E-state index in [1.54, 1.807) is 17.4 Å². The van der Waals surface area contributed by atoms with Crippen LogP contribution in [-0.2, 0) is 19.1 Å². The summed E-state index contributed by atoms with van der Waals surface area (Å²) in [6.07, 6.45) is 3.81. The van der Waals surface area contributed by atoms with Crippen LogP contribution < -0.4 is 5.32 Å². The van der Waals surface area contributed by atoms with Crippen molar-refractivity contribution in [1.29, 1.82) is 0 Å². The zero-order valence-electron chi connectivity index (χ0n) is 11.4. The Morgan fingerprint density at radius 3 is 2.80 bits per heavy atom. The highest BCUT2D eigenvalue weighted by atomic mass is 32.1. The Bertz CT molecular complexity index is 497. The van der Waals surface area contributed by atoms with Crippen LogP contribution in [0, 0.1) is 5.92 Å². The van der Waals surface area contributed by atoms with E-state index in [1.165, 1.54) is 20.3 Å². The van der Waals surface area contributed by atoms with E-state index in [4.69, 9.17) is 4.74 Å². The first-order chi connectivity index (χ1) is 9.65.